The molecule has 0 fully saturated rings. The first-order chi connectivity index (χ1) is 13.9. The van der Waals surface area contributed by atoms with Gasteiger partial charge >= 0.3 is 6.03 Å². The third-order valence-corrected chi connectivity index (χ3v) is 6.47. The quantitative estimate of drug-likeness (QED) is 0.620. The monoisotopic (exact) mass is 429 g/mol. The van der Waals surface area contributed by atoms with Crippen molar-refractivity contribution in [2.75, 3.05) is 12.0 Å². The molecule has 4 rings (SSSR count). The molecule has 3 aromatic rings. The Balaban J connectivity index is 1.84. The maximum absolute atomic E-state index is 13.3. The molecule has 0 radical (unpaired) electrons. The molecule has 1 aliphatic rings. The number of hydrogen-bond donors (Lipinski definition) is 0. The number of halogens is 1. The summed E-state index contributed by atoms with van der Waals surface area (Å²) in [4.78, 5) is 18.7. The Hall–Kier alpha value is -3.10. The second kappa shape index (κ2) is 7.38. The van der Waals surface area contributed by atoms with Gasteiger partial charge in [-0.2, -0.15) is 0 Å². The molecule has 2 amide bonds. The van der Waals surface area contributed by atoms with Crippen LogP contribution in [-0.2, 0) is 16.6 Å². The lowest BCUT2D eigenvalue weighted by molar-refractivity contribution is 0.229. The van der Waals surface area contributed by atoms with Gasteiger partial charge in [-0.25, -0.2) is 27.4 Å². The van der Waals surface area contributed by atoms with Crippen LogP contribution < -0.4 is 9.64 Å². The number of ether oxygens (including phenoxy) is 1. The number of benzene rings is 2. The predicted octanol–water partition coefficient (Wildman–Crippen LogP) is 4.21. The van der Waals surface area contributed by atoms with Gasteiger partial charge in [0, 0.05) is 11.2 Å². The predicted molar refractivity (Wildman–Crippen MR) is 109 cm³/mol. The minimum Gasteiger partial charge on any atom is -0.497 e. The molecule has 1 aromatic heterocycles. The summed E-state index contributed by atoms with van der Waals surface area (Å²) in [5, 5.41) is 0.500. The van der Waals surface area contributed by atoms with Gasteiger partial charge in [-0.05, 0) is 54.1 Å². The Labute approximate surface area is 173 Å². The van der Waals surface area contributed by atoms with Crippen LogP contribution in [0.1, 0.15) is 5.56 Å². The number of amides is 2. The third kappa shape index (κ3) is 3.41. The highest BCUT2D eigenvalue weighted by Crippen LogP contribution is 2.38. The van der Waals surface area contributed by atoms with Crippen LogP contribution in [0.25, 0.3) is 0 Å². The van der Waals surface area contributed by atoms with E-state index in [0.29, 0.717) is 22.0 Å². The first-order valence-electron chi connectivity index (χ1n) is 8.62. The van der Waals surface area contributed by atoms with E-state index in [1.165, 1.54) is 30.3 Å². The fourth-order valence-corrected chi connectivity index (χ4v) is 4.68. The van der Waals surface area contributed by atoms with E-state index >= 15 is 0 Å². The third-order valence-electron chi connectivity index (χ3n) is 4.48. The van der Waals surface area contributed by atoms with Gasteiger partial charge in [0.2, 0.25) is 0 Å². The van der Waals surface area contributed by atoms with E-state index in [2.05, 4.69) is 4.98 Å². The Bertz CT molecular complexity index is 1180. The molecular formula is C20H16ClN3O4S. The first kappa shape index (κ1) is 19.2. The summed E-state index contributed by atoms with van der Waals surface area (Å²) >= 11 is 5.96. The average Bonchev–Trinajstić information content (AvgIpc) is 2.73. The lowest BCUT2D eigenvalue weighted by Gasteiger charge is -2.35. The van der Waals surface area contributed by atoms with E-state index < -0.39 is 16.1 Å². The summed E-state index contributed by atoms with van der Waals surface area (Å²) in [5.74, 6) is 0.627. The van der Waals surface area contributed by atoms with Crippen LogP contribution in [0.15, 0.2) is 71.8 Å². The lowest BCUT2D eigenvalue weighted by Crippen LogP contribution is -2.48. The van der Waals surface area contributed by atoms with Crippen molar-refractivity contribution < 1.29 is 17.9 Å². The van der Waals surface area contributed by atoms with E-state index in [1.54, 1.807) is 48.5 Å². The van der Waals surface area contributed by atoms with Crippen LogP contribution in [0.5, 0.6) is 5.75 Å². The van der Waals surface area contributed by atoms with Crippen molar-refractivity contribution in [3.05, 3.63) is 77.4 Å². The maximum Gasteiger partial charge on any atom is 0.344 e. The number of rotatable bonds is 4. The normalized spacial score (nSPS) is 15.2. The standard InChI is InChI=1S/C20H16ClN3O4S/c1-28-17-5-2-4-14(12-17)13-23-20(25)24(16-9-7-15(21)8-10-16)19-18(29(23,26)27)6-3-11-22-19/h2-12H,13H2,1H3. The molecule has 0 saturated carbocycles. The second-order valence-electron chi connectivity index (χ2n) is 6.28. The minimum atomic E-state index is -4.09. The number of fused-ring (bicyclic) bond motifs is 1. The molecule has 2 aromatic carbocycles. The number of nitrogens with zero attached hydrogens (tertiary/aromatic N) is 3. The van der Waals surface area contributed by atoms with Gasteiger partial charge in [0.1, 0.15) is 10.6 Å². The van der Waals surface area contributed by atoms with Crippen molar-refractivity contribution in [3.63, 3.8) is 0 Å². The van der Waals surface area contributed by atoms with Crippen molar-refractivity contribution in [2.45, 2.75) is 11.4 Å². The van der Waals surface area contributed by atoms with Crippen LogP contribution in [0.4, 0.5) is 16.3 Å². The Kier molecular flexibility index (Phi) is 4.89. The van der Waals surface area contributed by atoms with E-state index in [0.717, 1.165) is 4.31 Å². The summed E-state index contributed by atoms with van der Waals surface area (Å²) < 4.78 is 32.4. The molecule has 0 spiro atoms. The van der Waals surface area contributed by atoms with E-state index in [9.17, 15) is 13.2 Å². The molecule has 0 atom stereocenters. The molecule has 2 heterocycles. The highest BCUT2D eigenvalue weighted by Gasteiger charge is 2.43. The molecule has 9 heteroatoms. The minimum absolute atomic E-state index is 0.0440. The summed E-state index contributed by atoms with van der Waals surface area (Å²) in [6.45, 7) is -0.142. The van der Waals surface area contributed by atoms with Crippen LogP contribution in [-0.4, -0.2) is 30.8 Å². The molecule has 0 saturated heterocycles. The van der Waals surface area contributed by atoms with Crippen molar-refractivity contribution in [1.82, 2.24) is 9.29 Å². The van der Waals surface area contributed by atoms with Crippen molar-refractivity contribution in [2.24, 2.45) is 0 Å². The molecule has 1 aliphatic heterocycles. The Morgan fingerprint density at radius 2 is 1.83 bits per heavy atom. The molecule has 29 heavy (non-hydrogen) atoms. The zero-order chi connectivity index (χ0) is 20.6. The van der Waals surface area contributed by atoms with Gasteiger partial charge in [0.25, 0.3) is 10.0 Å². The van der Waals surface area contributed by atoms with Crippen LogP contribution in [0, 0.1) is 0 Å². The lowest BCUT2D eigenvalue weighted by atomic mass is 10.2. The fourth-order valence-electron chi connectivity index (χ4n) is 3.09. The van der Waals surface area contributed by atoms with Crippen LogP contribution in [0.3, 0.4) is 0 Å². The number of carbonyl (C=O) groups is 1. The van der Waals surface area contributed by atoms with Crippen molar-refractivity contribution >= 4 is 39.2 Å². The molecule has 148 valence electrons. The highest BCUT2D eigenvalue weighted by atomic mass is 35.5. The zero-order valence-electron chi connectivity index (χ0n) is 15.3. The zero-order valence-corrected chi connectivity index (χ0v) is 16.9. The largest absolute Gasteiger partial charge is 0.497 e. The second-order valence-corrected chi connectivity index (χ2v) is 8.55. The van der Waals surface area contributed by atoms with Gasteiger partial charge in [0.05, 0.1) is 19.3 Å². The number of aromatic nitrogens is 1. The molecular weight excluding hydrogens is 414 g/mol. The molecule has 0 bridgehead atoms. The number of methoxy groups -OCH3 is 1. The van der Waals surface area contributed by atoms with Gasteiger partial charge in [-0.1, -0.05) is 23.7 Å². The van der Waals surface area contributed by atoms with Crippen molar-refractivity contribution in [1.29, 1.82) is 0 Å². The average molecular weight is 430 g/mol. The summed E-state index contributed by atoms with van der Waals surface area (Å²) in [7, 11) is -2.57. The van der Waals surface area contributed by atoms with Crippen LogP contribution >= 0.6 is 11.6 Å². The topological polar surface area (TPSA) is 79.8 Å². The summed E-state index contributed by atoms with van der Waals surface area (Å²) in [6.07, 6.45) is 1.45. The molecule has 0 N–H and O–H groups in total. The maximum atomic E-state index is 13.3. The SMILES string of the molecule is COc1cccc(CN2C(=O)N(c3ccc(Cl)cc3)c3ncccc3S2(=O)=O)c1. The van der Waals surface area contributed by atoms with Gasteiger partial charge < -0.3 is 4.74 Å². The van der Waals surface area contributed by atoms with E-state index in [-0.39, 0.29) is 17.3 Å². The summed E-state index contributed by atoms with van der Waals surface area (Å²) in [6, 6.07) is 15.7. The number of pyridine rings is 1. The van der Waals surface area contributed by atoms with Crippen LogP contribution in [0.2, 0.25) is 5.02 Å². The number of anilines is 2. The first-order valence-corrected chi connectivity index (χ1v) is 10.4. The molecule has 0 unspecified atom stereocenters. The van der Waals surface area contributed by atoms with Gasteiger partial charge in [-0.15, -0.1) is 0 Å². The number of hydrogen-bond acceptors (Lipinski definition) is 5. The molecule has 7 nitrogen and oxygen atoms in total. The van der Waals surface area contributed by atoms with Crippen molar-refractivity contribution in [3.8, 4) is 5.75 Å². The molecule has 0 aliphatic carbocycles. The van der Waals surface area contributed by atoms with E-state index in [4.69, 9.17) is 16.3 Å². The summed E-state index contributed by atoms with van der Waals surface area (Å²) in [5.41, 5.74) is 1.08. The smallest absolute Gasteiger partial charge is 0.344 e. The van der Waals surface area contributed by atoms with Gasteiger partial charge in [-0.3, -0.25) is 0 Å². The fraction of sp³-hybridized carbons (Fsp3) is 0.100. The van der Waals surface area contributed by atoms with Gasteiger partial charge in [0.15, 0.2) is 5.82 Å². The highest BCUT2D eigenvalue weighted by molar-refractivity contribution is 7.90. The Morgan fingerprint density at radius 3 is 2.55 bits per heavy atom. The van der Waals surface area contributed by atoms with E-state index in [1.807, 2.05) is 0 Å². The number of sulfonamides is 1. The number of carbonyl (C=O) groups excluding carboxylic acids is 1. The Morgan fingerprint density at radius 1 is 1.07 bits per heavy atom. The number of urea groups is 1.